The van der Waals surface area contributed by atoms with Crippen molar-refractivity contribution in [3.05, 3.63) is 35.4 Å². The number of hydrogen-bond donors (Lipinski definition) is 1. The molecule has 0 aliphatic rings. The van der Waals surface area contributed by atoms with Gasteiger partial charge in [0.1, 0.15) is 6.54 Å². The van der Waals surface area contributed by atoms with Gasteiger partial charge in [0.25, 0.3) is 0 Å². The van der Waals surface area contributed by atoms with E-state index in [-0.39, 0.29) is 13.1 Å². The molecule has 0 aliphatic carbocycles. The number of halogens is 3. The summed E-state index contributed by atoms with van der Waals surface area (Å²) in [6.07, 6.45) is -4.25. The van der Waals surface area contributed by atoms with Crippen LogP contribution in [0.5, 0.6) is 0 Å². The van der Waals surface area contributed by atoms with Gasteiger partial charge in [-0.15, -0.1) is 0 Å². The topological polar surface area (TPSA) is 63.4 Å². The van der Waals surface area contributed by atoms with Crippen LogP contribution in [-0.4, -0.2) is 32.0 Å². The van der Waals surface area contributed by atoms with Crippen LogP contribution in [0.2, 0.25) is 0 Å². The van der Waals surface area contributed by atoms with E-state index in [9.17, 15) is 21.6 Å². The highest BCUT2D eigenvalue weighted by molar-refractivity contribution is 7.88. The molecule has 1 rings (SSSR count). The molecule has 21 heavy (non-hydrogen) atoms. The van der Waals surface area contributed by atoms with Gasteiger partial charge in [0, 0.05) is 13.1 Å². The van der Waals surface area contributed by atoms with E-state index < -0.39 is 28.5 Å². The van der Waals surface area contributed by atoms with Crippen LogP contribution in [0.25, 0.3) is 0 Å². The normalized spacial score (nSPS) is 12.9. The molecule has 0 spiro atoms. The van der Waals surface area contributed by atoms with Gasteiger partial charge in [-0.2, -0.15) is 17.5 Å². The lowest BCUT2D eigenvalue weighted by atomic mass is 10.1. The van der Waals surface area contributed by atoms with Crippen LogP contribution in [0, 0.1) is 0 Å². The Hall–Kier alpha value is -1.12. The Morgan fingerprint density at radius 1 is 1.19 bits per heavy atom. The summed E-state index contributed by atoms with van der Waals surface area (Å²) in [5, 5.41) is 0. The summed E-state index contributed by atoms with van der Waals surface area (Å²) in [6, 6.07) is 6.58. The molecule has 0 amide bonds. The smallest absolute Gasteiger partial charge is 0.326 e. The highest BCUT2D eigenvalue weighted by Gasteiger charge is 2.35. The molecule has 0 saturated heterocycles. The number of rotatable bonds is 7. The van der Waals surface area contributed by atoms with Crippen molar-refractivity contribution in [2.45, 2.75) is 31.8 Å². The zero-order valence-electron chi connectivity index (χ0n) is 11.7. The maximum atomic E-state index is 12.5. The Labute approximate surface area is 122 Å². The molecule has 1 aromatic carbocycles. The molecule has 0 unspecified atom stereocenters. The molecule has 8 heteroatoms. The van der Waals surface area contributed by atoms with Crippen molar-refractivity contribution in [1.82, 2.24) is 4.31 Å². The highest BCUT2D eigenvalue weighted by atomic mass is 32.2. The summed E-state index contributed by atoms with van der Waals surface area (Å²) in [5.41, 5.74) is 6.57. The molecule has 0 fully saturated rings. The van der Waals surface area contributed by atoms with E-state index in [1.807, 2.05) is 0 Å². The Morgan fingerprint density at radius 2 is 1.76 bits per heavy atom. The quantitative estimate of drug-likeness (QED) is 0.837. The summed E-state index contributed by atoms with van der Waals surface area (Å²) in [6.45, 7) is 0.145. The Kier molecular flexibility index (Phi) is 6.18. The van der Waals surface area contributed by atoms with Crippen LogP contribution in [0.3, 0.4) is 0 Å². The fourth-order valence-electron chi connectivity index (χ4n) is 1.95. The fourth-order valence-corrected chi connectivity index (χ4v) is 3.61. The van der Waals surface area contributed by atoms with Crippen molar-refractivity contribution >= 4 is 10.0 Å². The SMILES string of the molecule is CCCN(CC(F)(F)F)S(=O)(=O)Cc1ccccc1CN. The molecular weight excluding hydrogens is 305 g/mol. The zero-order valence-corrected chi connectivity index (χ0v) is 12.5. The third kappa shape index (κ3) is 5.64. The predicted octanol–water partition coefficient (Wildman–Crippen LogP) is 2.25. The molecule has 120 valence electrons. The first-order valence-corrected chi connectivity index (χ1v) is 8.12. The Bertz CT molecular complexity index is 559. The van der Waals surface area contributed by atoms with Crippen LogP contribution in [0.15, 0.2) is 24.3 Å². The molecule has 0 bridgehead atoms. The van der Waals surface area contributed by atoms with Gasteiger partial charge in [-0.05, 0) is 17.5 Å². The van der Waals surface area contributed by atoms with Crippen molar-refractivity contribution < 1.29 is 21.6 Å². The van der Waals surface area contributed by atoms with Gasteiger partial charge in [-0.25, -0.2) is 8.42 Å². The van der Waals surface area contributed by atoms with Gasteiger partial charge in [0.05, 0.1) is 5.75 Å². The van der Waals surface area contributed by atoms with Crippen LogP contribution in [0.4, 0.5) is 13.2 Å². The van der Waals surface area contributed by atoms with Gasteiger partial charge in [0.15, 0.2) is 0 Å². The van der Waals surface area contributed by atoms with E-state index in [1.54, 1.807) is 31.2 Å². The molecule has 1 aromatic rings. The predicted molar refractivity (Wildman–Crippen MR) is 74.9 cm³/mol. The summed E-state index contributed by atoms with van der Waals surface area (Å²) < 4.78 is 62.5. The number of nitrogens with zero attached hydrogens (tertiary/aromatic N) is 1. The molecule has 0 atom stereocenters. The van der Waals surface area contributed by atoms with Crippen molar-refractivity contribution in [3.8, 4) is 0 Å². The molecule has 0 heterocycles. The van der Waals surface area contributed by atoms with Gasteiger partial charge in [-0.1, -0.05) is 31.2 Å². The third-order valence-corrected chi connectivity index (χ3v) is 4.67. The molecule has 0 aromatic heterocycles. The first kappa shape index (κ1) is 17.9. The lowest BCUT2D eigenvalue weighted by molar-refractivity contribution is -0.136. The second-order valence-corrected chi connectivity index (χ2v) is 6.65. The number of alkyl halides is 3. The Balaban J connectivity index is 3.01. The molecule has 4 nitrogen and oxygen atoms in total. The van der Waals surface area contributed by atoms with Crippen LogP contribution in [-0.2, 0) is 22.3 Å². The molecule has 0 radical (unpaired) electrons. The minimum Gasteiger partial charge on any atom is -0.326 e. The first-order chi connectivity index (χ1) is 9.69. The average Bonchev–Trinajstić information content (AvgIpc) is 2.37. The second kappa shape index (κ2) is 7.24. The van der Waals surface area contributed by atoms with Crippen LogP contribution in [0.1, 0.15) is 24.5 Å². The summed E-state index contributed by atoms with van der Waals surface area (Å²) in [7, 11) is -4.05. The average molecular weight is 324 g/mol. The highest BCUT2D eigenvalue weighted by Crippen LogP contribution is 2.21. The van der Waals surface area contributed by atoms with Crippen molar-refractivity contribution in [2.75, 3.05) is 13.1 Å². The lowest BCUT2D eigenvalue weighted by Gasteiger charge is -2.23. The summed E-state index contributed by atoms with van der Waals surface area (Å²) >= 11 is 0. The van der Waals surface area contributed by atoms with E-state index in [2.05, 4.69) is 0 Å². The second-order valence-electron chi connectivity index (χ2n) is 4.68. The van der Waals surface area contributed by atoms with Gasteiger partial charge in [-0.3, -0.25) is 0 Å². The molecular formula is C13H19F3N2O2S. The van der Waals surface area contributed by atoms with Gasteiger partial charge < -0.3 is 5.73 Å². The van der Waals surface area contributed by atoms with E-state index in [1.165, 1.54) is 0 Å². The van der Waals surface area contributed by atoms with Crippen LogP contribution >= 0.6 is 0 Å². The van der Waals surface area contributed by atoms with Crippen molar-refractivity contribution in [2.24, 2.45) is 5.73 Å². The van der Waals surface area contributed by atoms with E-state index in [4.69, 9.17) is 5.73 Å². The Morgan fingerprint density at radius 3 is 2.24 bits per heavy atom. The molecule has 0 saturated carbocycles. The standard InChI is InChI=1S/C13H19F3N2O2S/c1-2-7-18(10-13(14,15)16)21(19,20)9-12-6-4-3-5-11(12)8-17/h3-6H,2,7-10,17H2,1H3. The maximum absolute atomic E-state index is 12.5. The van der Waals surface area contributed by atoms with Crippen molar-refractivity contribution in [1.29, 1.82) is 0 Å². The lowest BCUT2D eigenvalue weighted by Crippen LogP contribution is -2.40. The number of hydrogen-bond acceptors (Lipinski definition) is 3. The van der Waals surface area contributed by atoms with E-state index in [0.717, 1.165) is 0 Å². The minimum atomic E-state index is -4.56. The largest absolute Gasteiger partial charge is 0.402 e. The fraction of sp³-hybridized carbons (Fsp3) is 0.538. The monoisotopic (exact) mass is 324 g/mol. The van der Waals surface area contributed by atoms with Crippen LogP contribution < -0.4 is 5.73 Å². The third-order valence-electron chi connectivity index (χ3n) is 2.90. The maximum Gasteiger partial charge on any atom is 0.402 e. The first-order valence-electron chi connectivity index (χ1n) is 6.51. The molecule has 0 aliphatic heterocycles. The minimum absolute atomic E-state index is 0.138. The number of sulfonamides is 1. The van der Waals surface area contributed by atoms with Gasteiger partial charge >= 0.3 is 6.18 Å². The van der Waals surface area contributed by atoms with E-state index >= 15 is 0 Å². The summed E-state index contributed by atoms with van der Waals surface area (Å²) in [4.78, 5) is 0. The number of benzene rings is 1. The molecule has 2 N–H and O–H groups in total. The summed E-state index contributed by atoms with van der Waals surface area (Å²) in [5.74, 6) is -0.476. The zero-order chi connectivity index (χ0) is 16.1. The van der Waals surface area contributed by atoms with Crippen molar-refractivity contribution in [3.63, 3.8) is 0 Å². The van der Waals surface area contributed by atoms with Gasteiger partial charge in [0.2, 0.25) is 10.0 Å². The number of nitrogens with two attached hydrogens (primary N) is 1. The van der Waals surface area contributed by atoms with E-state index in [0.29, 0.717) is 21.9 Å².